The van der Waals surface area contributed by atoms with E-state index in [0.717, 1.165) is 0 Å². The highest BCUT2D eigenvalue weighted by Crippen LogP contribution is 2.04. The molecule has 0 saturated heterocycles. The van der Waals surface area contributed by atoms with Gasteiger partial charge in [-0.3, -0.25) is 0 Å². The fourth-order valence-corrected chi connectivity index (χ4v) is 0.943. The number of ether oxygens (including phenoxy) is 5. The van der Waals surface area contributed by atoms with Gasteiger partial charge in [-0.25, -0.2) is 4.79 Å². The summed E-state index contributed by atoms with van der Waals surface area (Å²) in [5.74, 6) is 0. The highest BCUT2D eigenvalue weighted by Gasteiger charge is 2.09. The number of hydrogen-bond acceptors (Lipinski definition) is 6. The molecular formula is C11H21ClO6. The third-order valence-electron chi connectivity index (χ3n) is 1.80. The largest absolute Gasteiger partial charge is 0.509 e. The second-order valence-corrected chi connectivity index (χ2v) is 3.74. The first-order valence-electron chi connectivity index (χ1n) is 5.82. The molecule has 0 spiro atoms. The summed E-state index contributed by atoms with van der Waals surface area (Å²) < 4.78 is 24.5. The fourth-order valence-electron chi connectivity index (χ4n) is 0.870. The van der Waals surface area contributed by atoms with Crippen molar-refractivity contribution in [2.24, 2.45) is 0 Å². The first-order chi connectivity index (χ1) is 8.70. The van der Waals surface area contributed by atoms with E-state index in [0.29, 0.717) is 39.5 Å². The zero-order chi connectivity index (χ0) is 13.6. The van der Waals surface area contributed by atoms with Gasteiger partial charge < -0.3 is 23.7 Å². The molecule has 6 nitrogen and oxygen atoms in total. The molecule has 1 atom stereocenters. The van der Waals surface area contributed by atoms with Crippen LogP contribution in [0.25, 0.3) is 0 Å². The molecule has 18 heavy (non-hydrogen) atoms. The van der Waals surface area contributed by atoms with Crippen LogP contribution >= 0.6 is 11.6 Å². The summed E-state index contributed by atoms with van der Waals surface area (Å²) >= 11 is 5.60. The second kappa shape index (κ2) is 12.9. The molecule has 0 aliphatic heterocycles. The van der Waals surface area contributed by atoms with E-state index in [9.17, 15) is 4.79 Å². The Kier molecular flexibility index (Phi) is 12.5. The van der Waals surface area contributed by atoms with E-state index in [1.54, 1.807) is 14.0 Å². The molecule has 0 amide bonds. The molecule has 7 heteroatoms. The Morgan fingerprint density at radius 1 is 1.06 bits per heavy atom. The molecule has 0 bridgehead atoms. The smallest absolute Gasteiger partial charge is 0.432 e. The minimum atomic E-state index is -0.781. The van der Waals surface area contributed by atoms with Crippen molar-refractivity contribution in [1.29, 1.82) is 0 Å². The number of methoxy groups -OCH3 is 1. The molecular weight excluding hydrogens is 264 g/mol. The van der Waals surface area contributed by atoms with Crippen molar-refractivity contribution in [3.63, 3.8) is 0 Å². The van der Waals surface area contributed by atoms with E-state index in [1.165, 1.54) is 0 Å². The van der Waals surface area contributed by atoms with Crippen molar-refractivity contribution < 1.29 is 28.5 Å². The van der Waals surface area contributed by atoms with Crippen LogP contribution < -0.4 is 0 Å². The van der Waals surface area contributed by atoms with Gasteiger partial charge >= 0.3 is 6.16 Å². The van der Waals surface area contributed by atoms with Gasteiger partial charge in [0.2, 0.25) is 0 Å². The summed E-state index contributed by atoms with van der Waals surface area (Å²) in [6, 6.07) is 0. The number of carbonyl (C=O) groups excluding carboxylic acids is 1. The lowest BCUT2D eigenvalue weighted by Crippen LogP contribution is -2.17. The Hall–Kier alpha value is -0.560. The zero-order valence-electron chi connectivity index (χ0n) is 10.9. The van der Waals surface area contributed by atoms with E-state index in [-0.39, 0.29) is 6.61 Å². The molecule has 0 heterocycles. The summed E-state index contributed by atoms with van der Waals surface area (Å²) in [6.45, 7) is 4.25. The predicted octanol–water partition coefficient (Wildman–Crippen LogP) is 1.79. The summed E-state index contributed by atoms with van der Waals surface area (Å²) in [6.07, 6.45) is -0.247. The van der Waals surface area contributed by atoms with E-state index in [4.69, 9.17) is 30.5 Å². The van der Waals surface area contributed by atoms with Crippen LogP contribution in [0.3, 0.4) is 0 Å². The number of rotatable bonds is 11. The Balaban J connectivity index is 3.17. The normalized spacial score (nSPS) is 12.2. The number of carbonyl (C=O) groups is 1. The minimum Gasteiger partial charge on any atom is -0.432 e. The maximum Gasteiger partial charge on any atom is 0.509 e. The van der Waals surface area contributed by atoms with Gasteiger partial charge in [-0.05, 0) is 6.42 Å². The van der Waals surface area contributed by atoms with Crippen molar-refractivity contribution in [3.05, 3.63) is 0 Å². The third kappa shape index (κ3) is 11.9. The van der Waals surface area contributed by atoms with Gasteiger partial charge in [0.25, 0.3) is 0 Å². The summed E-state index contributed by atoms with van der Waals surface area (Å²) in [4.78, 5) is 11.0. The monoisotopic (exact) mass is 284 g/mol. The van der Waals surface area contributed by atoms with Crippen molar-refractivity contribution in [2.45, 2.75) is 18.9 Å². The Morgan fingerprint density at radius 2 is 1.61 bits per heavy atom. The molecule has 0 radical (unpaired) electrons. The van der Waals surface area contributed by atoms with Gasteiger partial charge in [-0.15, -0.1) is 0 Å². The summed E-state index contributed by atoms with van der Waals surface area (Å²) in [5, 5.41) is 0. The maximum absolute atomic E-state index is 11.0. The van der Waals surface area contributed by atoms with Crippen LogP contribution in [-0.2, 0) is 23.7 Å². The molecule has 0 saturated carbocycles. The van der Waals surface area contributed by atoms with Crippen molar-refractivity contribution in [2.75, 3.05) is 46.8 Å². The second-order valence-electron chi connectivity index (χ2n) is 3.25. The topological polar surface area (TPSA) is 63.2 Å². The third-order valence-corrected chi connectivity index (χ3v) is 2.19. The van der Waals surface area contributed by atoms with Crippen molar-refractivity contribution in [1.82, 2.24) is 0 Å². The van der Waals surface area contributed by atoms with Crippen LogP contribution in [0.5, 0.6) is 0 Å². The lowest BCUT2D eigenvalue weighted by atomic mass is 10.5. The van der Waals surface area contributed by atoms with Crippen molar-refractivity contribution >= 4 is 17.8 Å². The maximum atomic E-state index is 11.0. The van der Waals surface area contributed by atoms with Gasteiger partial charge in [0.05, 0.1) is 33.0 Å². The summed E-state index contributed by atoms with van der Waals surface area (Å²) in [7, 11) is 1.61. The van der Waals surface area contributed by atoms with E-state index >= 15 is 0 Å². The fraction of sp³-hybridized carbons (Fsp3) is 0.909. The lowest BCUT2D eigenvalue weighted by molar-refractivity contribution is -0.00144. The average Bonchev–Trinajstić information content (AvgIpc) is 2.36. The van der Waals surface area contributed by atoms with E-state index in [1.807, 2.05) is 0 Å². The predicted molar refractivity (Wildman–Crippen MR) is 65.9 cm³/mol. The molecule has 108 valence electrons. The standard InChI is InChI=1S/C11H21ClO6/c1-3-10(12)18-11(13)17-9-8-16-7-6-15-5-4-14-2/h10H,3-9H2,1-2H3. The molecule has 0 aliphatic carbocycles. The lowest BCUT2D eigenvalue weighted by Gasteiger charge is -2.09. The SMILES string of the molecule is CCC(Cl)OC(=O)OCCOCCOCCOC. The van der Waals surface area contributed by atoms with Crippen LogP contribution in [0.1, 0.15) is 13.3 Å². The van der Waals surface area contributed by atoms with Crippen LogP contribution in [0.15, 0.2) is 0 Å². The molecule has 0 fully saturated rings. The average molecular weight is 285 g/mol. The van der Waals surface area contributed by atoms with E-state index in [2.05, 4.69) is 4.74 Å². The molecule has 0 aliphatic rings. The van der Waals surface area contributed by atoms with Gasteiger partial charge in [-0.2, -0.15) is 0 Å². The Morgan fingerprint density at radius 3 is 2.17 bits per heavy atom. The van der Waals surface area contributed by atoms with Crippen LogP contribution in [0, 0.1) is 0 Å². The first-order valence-corrected chi connectivity index (χ1v) is 6.26. The minimum absolute atomic E-state index is 0.129. The molecule has 1 unspecified atom stereocenters. The van der Waals surface area contributed by atoms with Gasteiger partial charge in [0.1, 0.15) is 6.61 Å². The zero-order valence-corrected chi connectivity index (χ0v) is 11.6. The van der Waals surface area contributed by atoms with Gasteiger partial charge in [-0.1, -0.05) is 18.5 Å². The Labute approximate surface area is 112 Å². The number of alkyl halides is 1. The van der Waals surface area contributed by atoms with E-state index < -0.39 is 11.7 Å². The summed E-state index contributed by atoms with van der Waals surface area (Å²) in [5.41, 5.74) is -0.646. The molecule has 0 N–H and O–H groups in total. The van der Waals surface area contributed by atoms with Crippen molar-refractivity contribution in [3.8, 4) is 0 Å². The molecule has 0 aromatic rings. The molecule has 0 rings (SSSR count). The van der Waals surface area contributed by atoms with Crippen LogP contribution in [-0.4, -0.2) is 58.5 Å². The molecule has 0 aromatic heterocycles. The van der Waals surface area contributed by atoms with Crippen LogP contribution in [0.2, 0.25) is 0 Å². The first kappa shape index (κ1) is 17.4. The van der Waals surface area contributed by atoms with Crippen LogP contribution in [0.4, 0.5) is 4.79 Å². The number of hydrogen-bond donors (Lipinski definition) is 0. The van der Waals surface area contributed by atoms with Gasteiger partial charge in [0.15, 0.2) is 5.56 Å². The quantitative estimate of drug-likeness (QED) is 0.327. The molecule has 0 aromatic carbocycles. The highest BCUT2D eigenvalue weighted by molar-refractivity contribution is 6.20. The Bertz CT molecular complexity index is 202. The highest BCUT2D eigenvalue weighted by atomic mass is 35.5. The van der Waals surface area contributed by atoms with Gasteiger partial charge in [0, 0.05) is 7.11 Å². The number of halogens is 1.